The SMILES string of the molecule is CCCCC/C=C\CCCCCCCC(=O)OCC(COC(=O)CCCCCCCCCCCCCCCCCCCCCCCCCCCCCCCC)OC(=O)CCCCCCCCCCCCCCCCCCC. The van der Waals surface area contributed by atoms with Crippen molar-refractivity contribution in [2.24, 2.45) is 0 Å². The highest BCUT2D eigenvalue weighted by molar-refractivity contribution is 5.71. The quantitative estimate of drug-likeness (QED) is 0.0261. The second-order valence-corrected chi connectivity index (χ2v) is 24.2. The van der Waals surface area contributed by atoms with Gasteiger partial charge >= 0.3 is 17.9 Å². The molecule has 0 saturated heterocycles. The molecule has 456 valence electrons. The molecule has 0 aliphatic rings. The average molecular weight is 1090 g/mol. The number of hydrogen-bond acceptors (Lipinski definition) is 6. The predicted molar refractivity (Wildman–Crippen MR) is 335 cm³/mol. The molecule has 0 aromatic rings. The largest absolute Gasteiger partial charge is 0.462 e. The first-order chi connectivity index (χ1) is 38.0. The van der Waals surface area contributed by atoms with Crippen molar-refractivity contribution in [1.82, 2.24) is 0 Å². The summed E-state index contributed by atoms with van der Waals surface area (Å²) in [6.07, 6.45) is 79.7. The standard InChI is InChI=1S/C71H136O6/c1-4-7-10-13-16-19-22-25-27-29-30-31-32-33-34-35-36-37-38-39-40-41-43-44-46-49-52-55-58-61-64-70(73)76-67-68(66-75-69(72)63-60-57-54-51-48-24-21-18-15-12-9-6-3)77-71(74)65-62-59-56-53-50-47-45-42-28-26-23-20-17-14-11-8-5-2/h18,21,68H,4-17,19-20,22-67H2,1-3H3/b21-18-. The Hall–Kier alpha value is -1.85. The summed E-state index contributed by atoms with van der Waals surface area (Å²) in [4.78, 5) is 38.3. The summed E-state index contributed by atoms with van der Waals surface area (Å²) in [6, 6.07) is 0. The molecule has 0 spiro atoms. The van der Waals surface area contributed by atoms with Gasteiger partial charge in [-0.3, -0.25) is 14.4 Å². The number of ether oxygens (including phenoxy) is 3. The third kappa shape index (κ3) is 64.9. The topological polar surface area (TPSA) is 78.9 Å². The van der Waals surface area contributed by atoms with Gasteiger partial charge in [-0.2, -0.15) is 0 Å². The highest BCUT2D eigenvalue weighted by atomic mass is 16.6. The van der Waals surface area contributed by atoms with E-state index in [9.17, 15) is 14.4 Å². The van der Waals surface area contributed by atoms with Crippen molar-refractivity contribution >= 4 is 17.9 Å². The summed E-state index contributed by atoms with van der Waals surface area (Å²) in [5, 5.41) is 0. The fourth-order valence-electron chi connectivity index (χ4n) is 11.0. The van der Waals surface area contributed by atoms with Gasteiger partial charge in [-0.15, -0.1) is 0 Å². The van der Waals surface area contributed by atoms with Gasteiger partial charge in [-0.25, -0.2) is 0 Å². The van der Waals surface area contributed by atoms with Crippen LogP contribution in [-0.4, -0.2) is 37.2 Å². The smallest absolute Gasteiger partial charge is 0.306 e. The van der Waals surface area contributed by atoms with Gasteiger partial charge in [0.2, 0.25) is 0 Å². The van der Waals surface area contributed by atoms with Crippen LogP contribution >= 0.6 is 0 Å². The number of rotatable bonds is 66. The van der Waals surface area contributed by atoms with E-state index < -0.39 is 6.10 Å². The van der Waals surface area contributed by atoms with Crippen molar-refractivity contribution in [2.45, 2.75) is 412 Å². The first kappa shape index (κ1) is 75.2. The molecule has 0 aromatic carbocycles. The van der Waals surface area contributed by atoms with Crippen LogP contribution in [-0.2, 0) is 28.6 Å². The fourth-order valence-corrected chi connectivity index (χ4v) is 11.0. The van der Waals surface area contributed by atoms with E-state index in [1.165, 1.54) is 302 Å². The highest BCUT2D eigenvalue weighted by Gasteiger charge is 2.19. The Morgan fingerprint density at radius 1 is 0.247 bits per heavy atom. The molecule has 0 bridgehead atoms. The van der Waals surface area contributed by atoms with Gasteiger partial charge in [0.15, 0.2) is 6.10 Å². The molecule has 0 fully saturated rings. The molecular weight excluding hydrogens is 949 g/mol. The van der Waals surface area contributed by atoms with Crippen LogP contribution in [0.5, 0.6) is 0 Å². The first-order valence-electron chi connectivity index (χ1n) is 35.2. The van der Waals surface area contributed by atoms with Gasteiger partial charge in [0.25, 0.3) is 0 Å². The zero-order valence-electron chi connectivity index (χ0n) is 52.5. The maximum atomic E-state index is 12.9. The Morgan fingerprint density at radius 2 is 0.429 bits per heavy atom. The van der Waals surface area contributed by atoms with E-state index in [1.807, 2.05) is 0 Å². The fraction of sp³-hybridized carbons (Fsp3) is 0.930. The van der Waals surface area contributed by atoms with Crippen LogP contribution in [0.4, 0.5) is 0 Å². The molecular formula is C71H136O6. The van der Waals surface area contributed by atoms with Gasteiger partial charge in [-0.1, -0.05) is 354 Å². The van der Waals surface area contributed by atoms with Crippen molar-refractivity contribution in [1.29, 1.82) is 0 Å². The van der Waals surface area contributed by atoms with E-state index in [0.29, 0.717) is 19.3 Å². The molecule has 0 N–H and O–H groups in total. The van der Waals surface area contributed by atoms with Crippen LogP contribution in [0.3, 0.4) is 0 Å². The molecule has 6 heteroatoms. The third-order valence-electron chi connectivity index (χ3n) is 16.3. The molecule has 0 aliphatic carbocycles. The van der Waals surface area contributed by atoms with Crippen LogP contribution in [0, 0.1) is 0 Å². The molecule has 0 saturated carbocycles. The molecule has 77 heavy (non-hydrogen) atoms. The summed E-state index contributed by atoms with van der Waals surface area (Å²) in [5.74, 6) is -0.843. The number of esters is 3. The zero-order valence-corrected chi connectivity index (χ0v) is 52.5. The molecule has 0 radical (unpaired) electrons. The minimum atomic E-state index is -0.769. The van der Waals surface area contributed by atoms with Gasteiger partial charge < -0.3 is 14.2 Å². The Labute approximate surface area is 481 Å². The van der Waals surface area contributed by atoms with Crippen LogP contribution in [0.25, 0.3) is 0 Å². The average Bonchev–Trinajstić information content (AvgIpc) is 3.43. The van der Waals surface area contributed by atoms with E-state index in [1.54, 1.807) is 0 Å². The molecule has 0 aliphatic heterocycles. The first-order valence-corrected chi connectivity index (χ1v) is 35.2. The summed E-state index contributed by atoms with van der Waals surface area (Å²) < 4.78 is 17.0. The van der Waals surface area contributed by atoms with Crippen molar-refractivity contribution in [2.75, 3.05) is 13.2 Å². The Balaban J connectivity index is 4.10. The summed E-state index contributed by atoms with van der Waals surface area (Å²) in [5.41, 5.74) is 0. The predicted octanol–water partition coefficient (Wildman–Crippen LogP) is 24.0. The lowest BCUT2D eigenvalue weighted by molar-refractivity contribution is -0.167. The van der Waals surface area contributed by atoms with E-state index in [-0.39, 0.29) is 31.1 Å². The van der Waals surface area contributed by atoms with Gasteiger partial charge in [0.05, 0.1) is 0 Å². The van der Waals surface area contributed by atoms with E-state index in [4.69, 9.17) is 14.2 Å². The Bertz CT molecular complexity index is 1200. The number of hydrogen-bond donors (Lipinski definition) is 0. The third-order valence-corrected chi connectivity index (χ3v) is 16.3. The van der Waals surface area contributed by atoms with Gasteiger partial charge in [0, 0.05) is 19.3 Å². The van der Waals surface area contributed by atoms with Crippen LogP contribution in [0.15, 0.2) is 12.2 Å². The van der Waals surface area contributed by atoms with Crippen LogP contribution in [0.2, 0.25) is 0 Å². The number of allylic oxidation sites excluding steroid dienone is 2. The normalized spacial score (nSPS) is 12.0. The van der Waals surface area contributed by atoms with Crippen LogP contribution in [0.1, 0.15) is 406 Å². The van der Waals surface area contributed by atoms with Crippen LogP contribution < -0.4 is 0 Å². The van der Waals surface area contributed by atoms with Gasteiger partial charge in [0.1, 0.15) is 13.2 Å². The highest BCUT2D eigenvalue weighted by Crippen LogP contribution is 2.19. The van der Waals surface area contributed by atoms with Crippen molar-refractivity contribution in [3.63, 3.8) is 0 Å². The van der Waals surface area contributed by atoms with E-state index in [2.05, 4.69) is 32.9 Å². The summed E-state index contributed by atoms with van der Waals surface area (Å²) >= 11 is 0. The van der Waals surface area contributed by atoms with Crippen molar-refractivity contribution in [3.8, 4) is 0 Å². The summed E-state index contributed by atoms with van der Waals surface area (Å²) in [7, 11) is 0. The van der Waals surface area contributed by atoms with Crippen molar-refractivity contribution in [3.05, 3.63) is 12.2 Å². The minimum Gasteiger partial charge on any atom is -0.462 e. The number of unbranched alkanes of at least 4 members (excludes halogenated alkanes) is 53. The Morgan fingerprint density at radius 3 is 0.675 bits per heavy atom. The maximum Gasteiger partial charge on any atom is 0.306 e. The van der Waals surface area contributed by atoms with E-state index >= 15 is 0 Å². The van der Waals surface area contributed by atoms with Gasteiger partial charge in [-0.05, 0) is 44.9 Å². The molecule has 1 atom stereocenters. The molecule has 0 rings (SSSR count). The molecule has 6 nitrogen and oxygen atoms in total. The molecule has 1 unspecified atom stereocenters. The molecule has 0 heterocycles. The Kier molecular flexibility index (Phi) is 65.1. The minimum absolute atomic E-state index is 0.0659. The van der Waals surface area contributed by atoms with Crippen molar-refractivity contribution < 1.29 is 28.6 Å². The molecule has 0 aromatic heterocycles. The summed E-state index contributed by atoms with van der Waals surface area (Å²) in [6.45, 7) is 6.69. The molecule has 0 amide bonds. The second kappa shape index (κ2) is 66.7. The number of carbonyl (C=O) groups is 3. The monoisotopic (exact) mass is 1090 g/mol. The second-order valence-electron chi connectivity index (χ2n) is 24.2. The maximum absolute atomic E-state index is 12.9. The lowest BCUT2D eigenvalue weighted by atomic mass is 10.0. The van der Waals surface area contributed by atoms with E-state index in [0.717, 1.165) is 64.2 Å². The lowest BCUT2D eigenvalue weighted by Crippen LogP contribution is -2.30. The number of carbonyl (C=O) groups excluding carboxylic acids is 3. The lowest BCUT2D eigenvalue weighted by Gasteiger charge is -2.18. The zero-order chi connectivity index (χ0) is 55.7.